The Morgan fingerprint density at radius 3 is 2.60 bits per heavy atom. The van der Waals surface area contributed by atoms with Crippen molar-refractivity contribution in [3.8, 4) is 5.75 Å². The van der Waals surface area contributed by atoms with Crippen molar-refractivity contribution in [2.45, 2.75) is 33.1 Å². The number of halogens is 1. The summed E-state index contributed by atoms with van der Waals surface area (Å²) in [5.74, 6) is 3.35. The molecular formula is C17H26BrNO. The van der Waals surface area contributed by atoms with Crippen LogP contribution in [0, 0.1) is 17.8 Å². The van der Waals surface area contributed by atoms with Gasteiger partial charge in [0.25, 0.3) is 0 Å². The highest BCUT2D eigenvalue weighted by Gasteiger charge is 2.30. The van der Waals surface area contributed by atoms with Crippen LogP contribution in [0.4, 0.5) is 0 Å². The number of rotatable bonds is 7. The minimum Gasteiger partial charge on any atom is -0.496 e. The molecule has 1 saturated carbocycles. The number of methoxy groups -OCH3 is 1. The molecule has 20 heavy (non-hydrogen) atoms. The van der Waals surface area contributed by atoms with Crippen LogP contribution in [0.15, 0.2) is 22.7 Å². The van der Waals surface area contributed by atoms with E-state index in [0.717, 1.165) is 34.5 Å². The summed E-state index contributed by atoms with van der Waals surface area (Å²) in [6.07, 6.45) is 3.95. The lowest BCUT2D eigenvalue weighted by molar-refractivity contribution is 0.169. The van der Waals surface area contributed by atoms with Crippen LogP contribution in [-0.4, -0.2) is 20.2 Å². The molecule has 1 aromatic rings. The first kappa shape index (κ1) is 15.8. The van der Waals surface area contributed by atoms with Crippen LogP contribution >= 0.6 is 15.9 Å². The van der Waals surface area contributed by atoms with Gasteiger partial charge >= 0.3 is 0 Å². The van der Waals surface area contributed by atoms with Gasteiger partial charge in [-0.2, -0.15) is 0 Å². The summed E-state index contributed by atoms with van der Waals surface area (Å²) in [5.41, 5.74) is 1.41. The van der Waals surface area contributed by atoms with Gasteiger partial charge in [-0.15, -0.1) is 0 Å². The first-order valence-corrected chi connectivity index (χ1v) is 8.42. The second-order valence-corrected chi connectivity index (χ2v) is 7.18. The van der Waals surface area contributed by atoms with Gasteiger partial charge in [0, 0.05) is 0 Å². The summed E-state index contributed by atoms with van der Waals surface area (Å²) < 4.78 is 6.35. The smallest absolute Gasteiger partial charge is 0.133 e. The van der Waals surface area contributed by atoms with E-state index in [2.05, 4.69) is 53.3 Å². The number of nitrogens with one attached hydrogen (secondary N) is 1. The highest BCUT2D eigenvalue weighted by Crippen LogP contribution is 2.37. The lowest BCUT2D eigenvalue weighted by Crippen LogP contribution is -2.37. The first-order chi connectivity index (χ1) is 9.60. The maximum atomic E-state index is 5.28. The molecular weight excluding hydrogens is 314 g/mol. The Bertz CT molecular complexity index is 433. The molecule has 0 amide bonds. The molecule has 2 unspecified atom stereocenters. The predicted octanol–water partition coefficient (Wildman–Crippen LogP) is 4.27. The van der Waals surface area contributed by atoms with Crippen molar-refractivity contribution >= 4 is 15.9 Å². The SMILES string of the molecule is COc1ccc(CC2CCC2CNCC(C)C)cc1Br. The van der Waals surface area contributed by atoms with Crippen LogP contribution < -0.4 is 10.1 Å². The molecule has 112 valence electrons. The summed E-state index contributed by atoms with van der Waals surface area (Å²) >= 11 is 3.57. The van der Waals surface area contributed by atoms with Crippen molar-refractivity contribution in [3.63, 3.8) is 0 Å². The zero-order chi connectivity index (χ0) is 14.5. The average Bonchev–Trinajstić information content (AvgIpc) is 2.39. The van der Waals surface area contributed by atoms with E-state index < -0.39 is 0 Å². The largest absolute Gasteiger partial charge is 0.496 e. The van der Waals surface area contributed by atoms with Gasteiger partial charge in [-0.3, -0.25) is 0 Å². The maximum Gasteiger partial charge on any atom is 0.133 e. The van der Waals surface area contributed by atoms with E-state index in [9.17, 15) is 0 Å². The van der Waals surface area contributed by atoms with Crippen molar-refractivity contribution in [1.82, 2.24) is 5.32 Å². The quantitative estimate of drug-likeness (QED) is 0.800. The summed E-state index contributed by atoms with van der Waals surface area (Å²) in [6.45, 7) is 6.84. The van der Waals surface area contributed by atoms with Gasteiger partial charge in [0.1, 0.15) is 5.75 Å². The molecule has 2 rings (SSSR count). The van der Waals surface area contributed by atoms with Crippen molar-refractivity contribution in [2.75, 3.05) is 20.2 Å². The molecule has 0 aliphatic heterocycles. The van der Waals surface area contributed by atoms with E-state index in [0.29, 0.717) is 0 Å². The van der Waals surface area contributed by atoms with E-state index in [1.165, 1.54) is 31.4 Å². The molecule has 0 aromatic heterocycles. The van der Waals surface area contributed by atoms with Gasteiger partial charge in [0.05, 0.1) is 11.6 Å². The second-order valence-electron chi connectivity index (χ2n) is 6.32. The summed E-state index contributed by atoms with van der Waals surface area (Å²) in [5, 5.41) is 3.60. The Morgan fingerprint density at radius 2 is 2.05 bits per heavy atom. The van der Waals surface area contributed by atoms with Crippen LogP contribution in [0.25, 0.3) is 0 Å². The summed E-state index contributed by atoms with van der Waals surface area (Å²) in [4.78, 5) is 0. The number of hydrogen-bond donors (Lipinski definition) is 1. The van der Waals surface area contributed by atoms with Crippen molar-refractivity contribution in [1.29, 1.82) is 0 Å². The Hall–Kier alpha value is -0.540. The molecule has 1 aliphatic rings. The molecule has 2 nitrogen and oxygen atoms in total. The molecule has 0 heterocycles. The predicted molar refractivity (Wildman–Crippen MR) is 88.3 cm³/mol. The number of ether oxygens (including phenoxy) is 1. The van der Waals surface area contributed by atoms with Gasteiger partial charge in [-0.05, 0) is 83.7 Å². The second kappa shape index (κ2) is 7.46. The number of hydrogen-bond acceptors (Lipinski definition) is 2. The van der Waals surface area contributed by atoms with E-state index >= 15 is 0 Å². The minimum atomic E-state index is 0.742. The van der Waals surface area contributed by atoms with Crippen LogP contribution in [0.1, 0.15) is 32.3 Å². The Balaban J connectivity index is 1.82. The van der Waals surface area contributed by atoms with Crippen molar-refractivity contribution < 1.29 is 4.74 Å². The van der Waals surface area contributed by atoms with Gasteiger partial charge in [0.2, 0.25) is 0 Å². The lowest BCUT2D eigenvalue weighted by atomic mass is 9.70. The van der Waals surface area contributed by atoms with Crippen LogP contribution in [0.2, 0.25) is 0 Å². The molecule has 0 spiro atoms. The fraction of sp³-hybridized carbons (Fsp3) is 0.647. The molecule has 0 saturated heterocycles. The lowest BCUT2D eigenvalue weighted by Gasteiger charge is -2.37. The molecule has 0 radical (unpaired) electrons. The van der Waals surface area contributed by atoms with Gasteiger partial charge < -0.3 is 10.1 Å². The van der Waals surface area contributed by atoms with E-state index in [1.54, 1.807) is 7.11 Å². The molecule has 2 atom stereocenters. The third-order valence-corrected chi connectivity index (χ3v) is 4.87. The number of benzene rings is 1. The molecule has 1 aromatic carbocycles. The summed E-state index contributed by atoms with van der Waals surface area (Å²) in [7, 11) is 1.71. The molecule has 1 fully saturated rings. The molecule has 1 aliphatic carbocycles. The zero-order valence-corrected chi connectivity index (χ0v) is 14.4. The van der Waals surface area contributed by atoms with Gasteiger partial charge in [-0.1, -0.05) is 19.9 Å². The third-order valence-electron chi connectivity index (χ3n) is 4.25. The zero-order valence-electron chi connectivity index (χ0n) is 12.8. The maximum absolute atomic E-state index is 5.28. The minimum absolute atomic E-state index is 0.742. The molecule has 3 heteroatoms. The van der Waals surface area contributed by atoms with Crippen LogP contribution in [0.3, 0.4) is 0 Å². The Labute approximate surface area is 131 Å². The fourth-order valence-corrected chi connectivity index (χ4v) is 3.46. The van der Waals surface area contributed by atoms with Crippen LogP contribution in [0.5, 0.6) is 5.75 Å². The normalized spacial score (nSPS) is 21.9. The Morgan fingerprint density at radius 1 is 1.30 bits per heavy atom. The van der Waals surface area contributed by atoms with E-state index in [-0.39, 0.29) is 0 Å². The van der Waals surface area contributed by atoms with E-state index in [4.69, 9.17) is 4.74 Å². The monoisotopic (exact) mass is 339 g/mol. The first-order valence-electron chi connectivity index (χ1n) is 7.63. The van der Waals surface area contributed by atoms with Crippen molar-refractivity contribution in [2.24, 2.45) is 17.8 Å². The van der Waals surface area contributed by atoms with Crippen LogP contribution in [-0.2, 0) is 6.42 Å². The fourth-order valence-electron chi connectivity index (χ4n) is 2.87. The van der Waals surface area contributed by atoms with E-state index in [1.807, 2.05) is 0 Å². The van der Waals surface area contributed by atoms with Gasteiger partial charge in [-0.25, -0.2) is 0 Å². The highest BCUT2D eigenvalue weighted by molar-refractivity contribution is 9.10. The molecule has 1 N–H and O–H groups in total. The average molecular weight is 340 g/mol. The highest BCUT2D eigenvalue weighted by atomic mass is 79.9. The van der Waals surface area contributed by atoms with Gasteiger partial charge in [0.15, 0.2) is 0 Å². The third kappa shape index (κ3) is 4.23. The molecule has 0 bridgehead atoms. The topological polar surface area (TPSA) is 21.3 Å². The Kier molecular flexibility index (Phi) is 5.91. The standard InChI is InChI=1S/C17H26BrNO/c1-12(2)10-19-11-15-6-5-14(15)8-13-4-7-17(20-3)16(18)9-13/h4,7,9,12,14-15,19H,5-6,8,10-11H2,1-3H3. The summed E-state index contributed by atoms with van der Waals surface area (Å²) in [6, 6.07) is 6.46. The van der Waals surface area contributed by atoms with Crippen molar-refractivity contribution in [3.05, 3.63) is 28.2 Å².